The summed E-state index contributed by atoms with van der Waals surface area (Å²) < 4.78 is 33.2. The minimum absolute atomic E-state index is 0.0140. The van der Waals surface area contributed by atoms with Gasteiger partial charge in [0, 0.05) is 31.6 Å². The lowest BCUT2D eigenvalue weighted by Gasteiger charge is -2.32. The minimum Gasteiger partial charge on any atom is -0.445 e. The topological polar surface area (TPSA) is 49.6 Å². The number of rotatable bonds is 7. The fraction of sp³-hybridized carbons (Fsp3) is 0.360. The molecule has 32 heavy (non-hydrogen) atoms. The number of likely N-dealkylation sites (N-methyl/N-ethyl adjacent to an activating group) is 1. The van der Waals surface area contributed by atoms with Gasteiger partial charge in [-0.15, -0.1) is 0 Å². The van der Waals surface area contributed by atoms with Gasteiger partial charge in [0.05, 0.1) is 18.7 Å². The second kappa shape index (κ2) is 10.0. The summed E-state index contributed by atoms with van der Waals surface area (Å²) in [4.78, 5) is 20.9. The van der Waals surface area contributed by atoms with Gasteiger partial charge in [0.15, 0.2) is 5.89 Å². The second-order valence-corrected chi connectivity index (χ2v) is 8.41. The molecule has 2 aromatic carbocycles. The lowest BCUT2D eigenvalue weighted by molar-refractivity contribution is -0.133. The highest BCUT2D eigenvalue weighted by molar-refractivity contribution is 5.78. The van der Waals surface area contributed by atoms with Crippen molar-refractivity contribution in [2.24, 2.45) is 0 Å². The van der Waals surface area contributed by atoms with Gasteiger partial charge in [0.2, 0.25) is 5.91 Å². The molecular formula is C25H27F2N3O2. The summed E-state index contributed by atoms with van der Waals surface area (Å²) in [6, 6.07) is 13.0. The van der Waals surface area contributed by atoms with Crippen LogP contribution in [0, 0.1) is 11.6 Å². The average Bonchev–Trinajstić information content (AvgIpc) is 3.24. The Morgan fingerprint density at radius 2 is 2.06 bits per heavy atom. The zero-order chi connectivity index (χ0) is 22.5. The molecule has 0 unspecified atom stereocenters. The van der Waals surface area contributed by atoms with E-state index in [0.29, 0.717) is 43.3 Å². The van der Waals surface area contributed by atoms with Crippen molar-refractivity contribution in [1.82, 2.24) is 14.8 Å². The van der Waals surface area contributed by atoms with Crippen LogP contribution in [0.3, 0.4) is 0 Å². The summed E-state index contributed by atoms with van der Waals surface area (Å²) in [7, 11) is 1.82. The quantitative estimate of drug-likeness (QED) is 0.548. The molecule has 2 heterocycles. The van der Waals surface area contributed by atoms with Crippen LogP contribution in [0.2, 0.25) is 0 Å². The first-order valence-corrected chi connectivity index (χ1v) is 10.9. The molecule has 7 heteroatoms. The Morgan fingerprint density at radius 3 is 2.88 bits per heavy atom. The Morgan fingerprint density at radius 1 is 1.22 bits per heavy atom. The molecule has 0 radical (unpaired) electrons. The molecule has 1 fully saturated rings. The first kappa shape index (κ1) is 22.1. The predicted molar refractivity (Wildman–Crippen MR) is 117 cm³/mol. The molecule has 1 saturated heterocycles. The van der Waals surface area contributed by atoms with Crippen LogP contribution in [0.25, 0.3) is 0 Å². The van der Waals surface area contributed by atoms with E-state index in [2.05, 4.69) is 4.98 Å². The number of piperidine rings is 1. The lowest BCUT2D eigenvalue weighted by atomic mass is 9.98. The predicted octanol–water partition coefficient (Wildman–Crippen LogP) is 4.38. The van der Waals surface area contributed by atoms with Crippen LogP contribution in [0.15, 0.2) is 59.1 Å². The summed E-state index contributed by atoms with van der Waals surface area (Å²) in [6.07, 6.45) is 3.92. The smallest absolute Gasteiger partial charge is 0.236 e. The van der Waals surface area contributed by atoms with Gasteiger partial charge in [-0.2, -0.15) is 0 Å². The highest BCUT2D eigenvalue weighted by Crippen LogP contribution is 2.27. The zero-order valence-electron chi connectivity index (χ0n) is 18.1. The molecule has 1 amide bonds. The molecule has 168 valence electrons. The first-order valence-electron chi connectivity index (χ1n) is 10.9. The summed E-state index contributed by atoms with van der Waals surface area (Å²) in [6.45, 7) is 1.84. The molecule has 4 rings (SSSR count). The molecule has 5 nitrogen and oxygen atoms in total. The van der Waals surface area contributed by atoms with E-state index in [-0.39, 0.29) is 30.0 Å². The van der Waals surface area contributed by atoms with E-state index in [1.54, 1.807) is 30.5 Å². The fourth-order valence-electron chi connectivity index (χ4n) is 4.15. The van der Waals surface area contributed by atoms with E-state index >= 15 is 0 Å². The molecular weight excluding hydrogens is 412 g/mol. The summed E-state index contributed by atoms with van der Waals surface area (Å²) in [5.74, 6) is 0.810. The Bertz CT molecular complexity index is 1070. The minimum atomic E-state index is -0.274. The maximum atomic E-state index is 13.9. The summed E-state index contributed by atoms with van der Waals surface area (Å²) in [5.41, 5.74) is 1.40. The van der Waals surface area contributed by atoms with E-state index in [1.807, 2.05) is 22.9 Å². The van der Waals surface area contributed by atoms with E-state index in [1.165, 1.54) is 18.2 Å². The Kier molecular flexibility index (Phi) is 6.95. The molecule has 1 aromatic heterocycles. The van der Waals surface area contributed by atoms with Gasteiger partial charge in [0.1, 0.15) is 17.4 Å². The van der Waals surface area contributed by atoms with Crippen LogP contribution in [0.5, 0.6) is 0 Å². The normalized spacial score (nSPS) is 16.5. The number of amides is 1. The summed E-state index contributed by atoms with van der Waals surface area (Å²) in [5, 5.41) is 0. The maximum absolute atomic E-state index is 13.9. The van der Waals surface area contributed by atoms with Crippen molar-refractivity contribution < 1.29 is 18.0 Å². The molecule has 1 aliphatic heterocycles. The van der Waals surface area contributed by atoms with Crippen LogP contribution in [-0.4, -0.2) is 47.4 Å². The SMILES string of the molecule is CN(CC(=O)N1CCC[C@@H](c2ncc(Cc3cccc(F)c3)o2)C1)Cc1ccccc1F. The largest absolute Gasteiger partial charge is 0.445 e. The third kappa shape index (κ3) is 5.59. The van der Waals surface area contributed by atoms with Crippen molar-refractivity contribution in [3.8, 4) is 0 Å². The monoisotopic (exact) mass is 439 g/mol. The molecule has 0 bridgehead atoms. The second-order valence-electron chi connectivity index (χ2n) is 8.41. The van der Waals surface area contributed by atoms with Crippen LogP contribution < -0.4 is 0 Å². The number of halogens is 2. The first-order chi connectivity index (χ1) is 15.5. The van der Waals surface area contributed by atoms with E-state index in [4.69, 9.17) is 4.42 Å². The van der Waals surface area contributed by atoms with Crippen molar-refractivity contribution in [3.05, 3.63) is 89.1 Å². The van der Waals surface area contributed by atoms with Crippen LogP contribution in [-0.2, 0) is 17.8 Å². The van der Waals surface area contributed by atoms with Crippen molar-refractivity contribution in [2.75, 3.05) is 26.7 Å². The maximum Gasteiger partial charge on any atom is 0.236 e. The van der Waals surface area contributed by atoms with Gasteiger partial charge < -0.3 is 9.32 Å². The van der Waals surface area contributed by atoms with Crippen LogP contribution >= 0.6 is 0 Å². The molecule has 1 atom stereocenters. The third-order valence-corrected chi connectivity index (χ3v) is 5.77. The third-order valence-electron chi connectivity index (χ3n) is 5.77. The number of hydrogen-bond acceptors (Lipinski definition) is 4. The van der Waals surface area contributed by atoms with Crippen molar-refractivity contribution in [3.63, 3.8) is 0 Å². The number of nitrogens with zero attached hydrogens (tertiary/aromatic N) is 3. The van der Waals surface area contributed by atoms with Crippen molar-refractivity contribution in [1.29, 1.82) is 0 Å². The van der Waals surface area contributed by atoms with E-state index in [9.17, 15) is 13.6 Å². The standard InChI is InChI=1S/C25H27F2N3O2/c1-29(15-19-7-2-3-10-23(19)27)17-24(31)30-11-5-8-20(16-30)25-28-14-22(32-25)13-18-6-4-9-21(26)12-18/h2-4,6-7,9-10,12,14,20H,5,8,11,13,15-17H2,1H3/t20-/m1/s1. The molecule has 0 aliphatic carbocycles. The Hall–Kier alpha value is -3.06. The lowest BCUT2D eigenvalue weighted by Crippen LogP contribution is -2.43. The van der Waals surface area contributed by atoms with E-state index in [0.717, 1.165) is 18.4 Å². The number of likely N-dealkylation sites (tertiary alicyclic amines) is 1. The number of carbonyl (C=O) groups is 1. The highest BCUT2D eigenvalue weighted by atomic mass is 19.1. The molecule has 0 spiro atoms. The van der Waals surface area contributed by atoms with Crippen molar-refractivity contribution >= 4 is 5.91 Å². The Labute approximate surface area is 186 Å². The van der Waals surface area contributed by atoms with E-state index < -0.39 is 0 Å². The van der Waals surface area contributed by atoms with Gasteiger partial charge in [0.25, 0.3) is 0 Å². The molecule has 0 N–H and O–H groups in total. The van der Waals surface area contributed by atoms with Gasteiger partial charge in [-0.1, -0.05) is 30.3 Å². The fourth-order valence-corrected chi connectivity index (χ4v) is 4.15. The number of oxazole rings is 1. The number of hydrogen-bond donors (Lipinski definition) is 0. The van der Waals surface area contributed by atoms with Gasteiger partial charge >= 0.3 is 0 Å². The molecule has 3 aromatic rings. The highest BCUT2D eigenvalue weighted by Gasteiger charge is 2.28. The van der Waals surface area contributed by atoms with Crippen LogP contribution in [0.4, 0.5) is 8.78 Å². The Balaban J connectivity index is 1.33. The number of benzene rings is 2. The zero-order valence-corrected chi connectivity index (χ0v) is 18.1. The number of aromatic nitrogens is 1. The average molecular weight is 440 g/mol. The number of carbonyl (C=O) groups excluding carboxylic acids is 1. The van der Waals surface area contributed by atoms with Crippen LogP contribution in [0.1, 0.15) is 41.5 Å². The molecule has 1 aliphatic rings. The van der Waals surface area contributed by atoms with Gasteiger partial charge in [-0.25, -0.2) is 13.8 Å². The van der Waals surface area contributed by atoms with Gasteiger partial charge in [-0.05, 0) is 43.7 Å². The summed E-state index contributed by atoms with van der Waals surface area (Å²) >= 11 is 0. The molecule has 0 saturated carbocycles. The van der Waals surface area contributed by atoms with Gasteiger partial charge in [-0.3, -0.25) is 9.69 Å². The van der Waals surface area contributed by atoms with Crippen molar-refractivity contribution in [2.45, 2.75) is 31.7 Å².